The summed E-state index contributed by atoms with van der Waals surface area (Å²) >= 11 is 0. The molecule has 1 amide bonds. The maximum absolute atomic E-state index is 12.2. The van der Waals surface area contributed by atoms with Crippen LogP contribution in [0.4, 0.5) is 5.88 Å². The van der Waals surface area contributed by atoms with Crippen molar-refractivity contribution in [2.75, 3.05) is 26.6 Å². The number of benzene rings is 1. The van der Waals surface area contributed by atoms with Crippen LogP contribution >= 0.6 is 0 Å². The molecule has 1 aromatic carbocycles. The number of nitriles is 1. The van der Waals surface area contributed by atoms with Gasteiger partial charge in [-0.05, 0) is 37.6 Å². The summed E-state index contributed by atoms with van der Waals surface area (Å²) < 4.78 is 21.2. The smallest absolute Gasteiger partial charge is 0.250 e. The third-order valence-electron chi connectivity index (χ3n) is 3.85. The molecule has 0 saturated heterocycles. The number of furan rings is 1. The number of nitrogens with one attached hydrogen (secondary N) is 1. The molecule has 1 N–H and O–H groups in total. The van der Waals surface area contributed by atoms with E-state index in [1.807, 2.05) is 6.07 Å². The lowest BCUT2D eigenvalue weighted by atomic mass is 10.1. The number of rotatable bonds is 6. The molecule has 0 fully saturated rings. The fraction of sp³-hybridized carbons (Fsp3) is 0.263. The van der Waals surface area contributed by atoms with Crippen LogP contribution in [0, 0.1) is 25.2 Å². The topological polar surface area (TPSA) is 93.7 Å². The van der Waals surface area contributed by atoms with Gasteiger partial charge in [0.25, 0.3) is 5.91 Å². The molecule has 7 heteroatoms. The molecule has 1 heterocycles. The van der Waals surface area contributed by atoms with Gasteiger partial charge in [-0.1, -0.05) is 0 Å². The number of nitrogens with zero attached hydrogens (tertiary/aromatic N) is 1. The second-order valence-electron chi connectivity index (χ2n) is 5.38. The third kappa shape index (κ3) is 3.81. The molecule has 1 aromatic heterocycles. The molecule has 0 radical (unpaired) electrons. The van der Waals surface area contributed by atoms with E-state index in [4.69, 9.17) is 18.6 Å². The Hall–Kier alpha value is -3.40. The van der Waals surface area contributed by atoms with Crippen LogP contribution in [-0.2, 0) is 4.79 Å². The Balaban J connectivity index is 2.23. The van der Waals surface area contributed by atoms with E-state index in [2.05, 4.69) is 5.32 Å². The summed E-state index contributed by atoms with van der Waals surface area (Å²) in [5.74, 6) is 1.74. The highest BCUT2D eigenvalue weighted by Crippen LogP contribution is 2.38. The van der Waals surface area contributed by atoms with Crippen LogP contribution in [0.15, 0.2) is 22.6 Å². The minimum Gasteiger partial charge on any atom is -0.493 e. The molecular weight excluding hydrogens is 336 g/mol. The van der Waals surface area contributed by atoms with E-state index in [0.29, 0.717) is 39.7 Å². The molecule has 0 bridgehead atoms. The van der Waals surface area contributed by atoms with Crippen molar-refractivity contribution in [1.82, 2.24) is 0 Å². The van der Waals surface area contributed by atoms with Gasteiger partial charge in [0.2, 0.25) is 11.6 Å². The van der Waals surface area contributed by atoms with Gasteiger partial charge in [-0.2, -0.15) is 5.26 Å². The minimum absolute atomic E-state index is 0.141. The highest BCUT2D eigenvalue weighted by Gasteiger charge is 2.16. The average molecular weight is 356 g/mol. The molecule has 26 heavy (non-hydrogen) atoms. The quantitative estimate of drug-likeness (QED) is 0.797. The van der Waals surface area contributed by atoms with E-state index in [0.717, 1.165) is 0 Å². The maximum atomic E-state index is 12.2. The Labute approximate surface area is 151 Å². The van der Waals surface area contributed by atoms with E-state index in [1.54, 1.807) is 32.1 Å². The Kier molecular flexibility index (Phi) is 5.91. The van der Waals surface area contributed by atoms with Crippen LogP contribution in [-0.4, -0.2) is 27.2 Å². The molecule has 2 aromatic rings. The van der Waals surface area contributed by atoms with Crippen molar-refractivity contribution < 1.29 is 23.4 Å². The average Bonchev–Trinajstić information content (AvgIpc) is 2.91. The Bertz CT molecular complexity index is 865. The molecule has 0 aliphatic rings. The lowest BCUT2D eigenvalue weighted by molar-refractivity contribution is -0.111. The third-order valence-corrected chi connectivity index (χ3v) is 3.85. The number of carbonyl (C=O) groups excluding carboxylic acids is 1. The molecule has 7 nitrogen and oxygen atoms in total. The summed E-state index contributed by atoms with van der Waals surface area (Å²) in [7, 11) is 4.55. The molecule has 2 rings (SSSR count). The lowest BCUT2D eigenvalue weighted by Crippen LogP contribution is -2.08. The lowest BCUT2D eigenvalue weighted by Gasteiger charge is -2.12. The van der Waals surface area contributed by atoms with Crippen LogP contribution in [0.2, 0.25) is 0 Å². The van der Waals surface area contributed by atoms with Crippen molar-refractivity contribution in [3.05, 3.63) is 40.7 Å². The van der Waals surface area contributed by atoms with Crippen molar-refractivity contribution in [2.45, 2.75) is 13.8 Å². The Morgan fingerprint density at radius 2 is 1.77 bits per heavy atom. The molecule has 0 spiro atoms. The Morgan fingerprint density at radius 1 is 1.15 bits per heavy atom. The van der Waals surface area contributed by atoms with Crippen molar-refractivity contribution in [3.63, 3.8) is 0 Å². The summed E-state index contributed by atoms with van der Waals surface area (Å²) in [6, 6.07) is 5.46. The van der Waals surface area contributed by atoms with Crippen LogP contribution in [0.5, 0.6) is 17.2 Å². The van der Waals surface area contributed by atoms with Crippen LogP contribution < -0.4 is 19.5 Å². The molecular formula is C19H20N2O5. The summed E-state index contributed by atoms with van der Waals surface area (Å²) in [5.41, 5.74) is 1.70. The van der Waals surface area contributed by atoms with Crippen molar-refractivity contribution >= 4 is 17.9 Å². The molecule has 0 atom stereocenters. The van der Waals surface area contributed by atoms with E-state index >= 15 is 0 Å². The highest BCUT2D eigenvalue weighted by atomic mass is 16.5. The Morgan fingerprint density at radius 3 is 2.27 bits per heavy atom. The van der Waals surface area contributed by atoms with E-state index in [9.17, 15) is 10.1 Å². The van der Waals surface area contributed by atoms with Gasteiger partial charge < -0.3 is 18.6 Å². The van der Waals surface area contributed by atoms with Gasteiger partial charge >= 0.3 is 0 Å². The van der Waals surface area contributed by atoms with E-state index in [-0.39, 0.29) is 5.88 Å². The first-order chi connectivity index (χ1) is 12.4. The van der Waals surface area contributed by atoms with Crippen molar-refractivity contribution in [1.29, 1.82) is 5.26 Å². The van der Waals surface area contributed by atoms with Gasteiger partial charge in [-0.25, -0.2) is 0 Å². The van der Waals surface area contributed by atoms with Crippen LogP contribution in [0.3, 0.4) is 0 Å². The number of methoxy groups -OCH3 is 3. The summed E-state index contributed by atoms with van der Waals surface area (Å²) in [6.07, 6.45) is 2.92. The number of ether oxygens (including phenoxy) is 3. The minimum atomic E-state index is -0.427. The first-order valence-corrected chi connectivity index (χ1v) is 7.74. The first kappa shape index (κ1) is 18.9. The molecule has 0 aliphatic carbocycles. The number of carbonyl (C=O) groups is 1. The zero-order chi connectivity index (χ0) is 19.3. The SMILES string of the molecule is COc1cc(/C=C/C(=O)Nc2oc(C)c(C)c2C#N)cc(OC)c1OC. The fourth-order valence-electron chi connectivity index (χ4n) is 2.37. The van der Waals surface area contributed by atoms with Gasteiger partial charge in [0.15, 0.2) is 11.5 Å². The predicted molar refractivity (Wildman–Crippen MR) is 96.7 cm³/mol. The van der Waals surface area contributed by atoms with Crippen LogP contribution in [0.25, 0.3) is 6.08 Å². The van der Waals surface area contributed by atoms with Gasteiger partial charge in [0.05, 0.1) is 21.3 Å². The van der Waals surface area contributed by atoms with Gasteiger partial charge in [-0.15, -0.1) is 0 Å². The normalized spacial score (nSPS) is 10.5. The fourth-order valence-corrected chi connectivity index (χ4v) is 2.37. The largest absolute Gasteiger partial charge is 0.493 e. The second-order valence-corrected chi connectivity index (χ2v) is 5.38. The monoisotopic (exact) mass is 356 g/mol. The molecule has 0 saturated carbocycles. The molecule has 0 unspecified atom stereocenters. The standard InChI is InChI=1S/C19H20N2O5/c1-11-12(2)26-19(14(11)10-20)21-17(22)7-6-13-8-15(23-3)18(25-5)16(9-13)24-4/h6-9H,1-5H3,(H,21,22)/b7-6+. The number of hydrogen-bond acceptors (Lipinski definition) is 6. The maximum Gasteiger partial charge on any atom is 0.250 e. The number of anilines is 1. The van der Waals surface area contributed by atoms with Crippen molar-refractivity contribution in [2.24, 2.45) is 0 Å². The number of aryl methyl sites for hydroxylation is 1. The van der Waals surface area contributed by atoms with E-state index in [1.165, 1.54) is 27.4 Å². The molecule has 0 aliphatic heterocycles. The first-order valence-electron chi connectivity index (χ1n) is 7.74. The second kappa shape index (κ2) is 8.12. The van der Waals surface area contributed by atoms with Crippen molar-refractivity contribution in [3.8, 4) is 23.3 Å². The number of hydrogen-bond donors (Lipinski definition) is 1. The summed E-state index contributed by atoms with van der Waals surface area (Å²) in [6.45, 7) is 3.50. The molecule has 136 valence electrons. The van der Waals surface area contributed by atoms with Gasteiger partial charge in [0, 0.05) is 11.6 Å². The summed E-state index contributed by atoms with van der Waals surface area (Å²) in [5, 5.41) is 11.8. The van der Waals surface area contributed by atoms with Gasteiger partial charge in [0.1, 0.15) is 17.4 Å². The number of amides is 1. The zero-order valence-corrected chi connectivity index (χ0v) is 15.3. The predicted octanol–water partition coefficient (Wildman–Crippen LogP) is 3.45. The highest BCUT2D eigenvalue weighted by molar-refractivity contribution is 6.02. The van der Waals surface area contributed by atoms with E-state index < -0.39 is 5.91 Å². The summed E-state index contributed by atoms with van der Waals surface area (Å²) in [4.78, 5) is 12.2. The van der Waals surface area contributed by atoms with Crippen LogP contribution in [0.1, 0.15) is 22.5 Å². The van der Waals surface area contributed by atoms with Gasteiger partial charge in [-0.3, -0.25) is 10.1 Å². The zero-order valence-electron chi connectivity index (χ0n) is 15.3.